The van der Waals surface area contributed by atoms with Gasteiger partial charge >= 0.3 is 5.69 Å². The van der Waals surface area contributed by atoms with Crippen molar-refractivity contribution in [2.75, 3.05) is 13.3 Å². The molecule has 0 unspecified atom stereocenters. The second kappa shape index (κ2) is 7.91. The molecule has 6 nitrogen and oxygen atoms in total. The minimum Gasteiger partial charge on any atom is -0.320 e. The highest BCUT2D eigenvalue weighted by atomic mass is 31.1. The molecule has 0 fully saturated rings. The summed E-state index contributed by atoms with van der Waals surface area (Å²) in [6, 6.07) is 0. The quantitative estimate of drug-likeness (QED) is 0.695. The van der Waals surface area contributed by atoms with Crippen molar-refractivity contribution in [3.63, 3.8) is 0 Å². The zero-order valence-corrected chi connectivity index (χ0v) is 15.5. The summed E-state index contributed by atoms with van der Waals surface area (Å²) in [5.74, 6) is 0. The molecule has 0 aliphatic heterocycles. The first-order valence-corrected chi connectivity index (χ1v) is 10.8. The number of fused-ring (bicyclic) bond motifs is 1. The fourth-order valence-corrected chi connectivity index (χ4v) is 3.51. The molecule has 0 N–H and O–H groups in total. The van der Waals surface area contributed by atoms with Crippen LogP contribution in [0.3, 0.4) is 0 Å². The maximum absolute atomic E-state index is 12.8. The van der Waals surface area contributed by atoms with Gasteiger partial charge in [0.25, 0.3) is 5.56 Å². The number of unbranched alkanes of at least 4 members (excludes halogenated alkanes) is 2. The standard InChI is InChI=1S/C16H27N4O2P/c1-5-7-9-19-14-13(18(11-17-14)12-23(3)4)15(21)20(16(19)22)10-8-6-2/h11H,5-10,12H2,1-4H3. The van der Waals surface area contributed by atoms with Crippen LogP contribution in [0.1, 0.15) is 39.5 Å². The number of hydrogen-bond donors (Lipinski definition) is 0. The zero-order valence-electron chi connectivity index (χ0n) is 14.6. The van der Waals surface area contributed by atoms with Crippen LogP contribution < -0.4 is 11.2 Å². The Morgan fingerprint density at radius 2 is 1.65 bits per heavy atom. The number of hydrogen-bond acceptors (Lipinski definition) is 3. The van der Waals surface area contributed by atoms with Crippen LogP contribution in [-0.2, 0) is 19.4 Å². The van der Waals surface area contributed by atoms with Crippen molar-refractivity contribution in [3.8, 4) is 0 Å². The highest BCUT2D eigenvalue weighted by Gasteiger charge is 2.17. The van der Waals surface area contributed by atoms with Crippen LogP contribution >= 0.6 is 7.92 Å². The average Bonchev–Trinajstić information content (AvgIpc) is 2.90. The molecule has 2 aromatic rings. The molecule has 23 heavy (non-hydrogen) atoms. The maximum atomic E-state index is 12.8. The largest absolute Gasteiger partial charge is 0.332 e. The third-order valence-corrected chi connectivity index (χ3v) is 4.76. The van der Waals surface area contributed by atoms with Crippen LogP contribution in [0.25, 0.3) is 11.2 Å². The average molecular weight is 338 g/mol. The van der Waals surface area contributed by atoms with Gasteiger partial charge in [-0.1, -0.05) is 34.6 Å². The molecule has 7 heteroatoms. The van der Waals surface area contributed by atoms with E-state index in [0.717, 1.165) is 32.0 Å². The second-order valence-electron chi connectivity index (χ2n) is 6.21. The summed E-state index contributed by atoms with van der Waals surface area (Å²) in [7, 11) is -0.198. The Labute approximate surface area is 137 Å². The summed E-state index contributed by atoms with van der Waals surface area (Å²) >= 11 is 0. The second-order valence-corrected chi connectivity index (χ2v) is 8.65. The molecule has 0 radical (unpaired) electrons. The molecule has 2 rings (SSSR count). The minimum atomic E-state index is -0.218. The first-order chi connectivity index (χ1) is 11.0. The summed E-state index contributed by atoms with van der Waals surface area (Å²) in [6.45, 7) is 9.59. The Hall–Kier alpha value is -1.42. The van der Waals surface area contributed by atoms with Crippen LogP contribution in [-0.4, -0.2) is 32.0 Å². The highest BCUT2D eigenvalue weighted by Crippen LogP contribution is 2.27. The Bertz CT molecular complexity index is 773. The van der Waals surface area contributed by atoms with E-state index in [9.17, 15) is 9.59 Å². The fourth-order valence-electron chi connectivity index (χ4n) is 2.68. The molecule has 0 aliphatic carbocycles. The van der Waals surface area contributed by atoms with Gasteiger partial charge in [0.1, 0.15) is 0 Å². The van der Waals surface area contributed by atoms with Crippen LogP contribution in [0.4, 0.5) is 0 Å². The lowest BCUT2D eigenvalue weighted by molar-refractivity contribution is 0.529. The molecule has 0 spiro atoms. The van der Waals surface area contributed by atoms with Gasteiger partial charge in [0, 0.05) is 19.4 Å². The number of nitrogens with zero attached hydrogens (tertiary/aromatic N) is 4. The van der Waals surface area contributed by atoms with E-state index in [2.05, 4.69) is 32.2 Å². The summed E-state index contributed by atoms with van der Waals surface area (Å²) in [4.78, 5) is 30.0. The van der Waals surface area contributed by atoms with E-state index < -0.39 is 0 Å². The van der Waals surface area contributed by atoms with E-state index in [1.54, 1.807) is 10.9 Å². The van der Waals surface area contributed by atoms with Gasteiger partial charge in [0.2, 0.25) is 0 Å². The molecule has 0 saturated carbocycles. The van der Waals surface area contributed by atoms with Gasteiger partial charge in [-0.05, 0) is 26.2 Å². The normalized spacial score (nSPS) is 11.7. The number of aromatic nitrogens is 4. The molecule has 0 amide bonds. The van der Waals surface area contributed by atoms with Crippen molar-refractivity contribution < 1.29 is 0 Å². The fraction of sp³-hybridized carbons (Fsp3) is 0.688. The van der Waals surface area contributed by atoms with Gasteiger partial charge < -0.3 is 4.57 Å². The van der Waals surface area contributed by atoms with Gasteiger partial charge in [0.15, 0.2) is 11.2 Å². The third-order valence-electron chi connectivity index (χ3n) is 3.89. The van der Waals surface area contributed by atoms with Crippen molar-refractivity contribution in [1.29, 1.82) is 0 Å². The molecule has 0 aromatic carbocycles. The monoisotopic (exact) mass is 338 g/mol. The van der Waals surface area contributed by atoms with E-state index in [0.29, 0.717) is 24.3 Å². The Kier molecular flexibility index (Phi) is 6.17. The van der Waals surface area contributed by atoms with Crippen molar-refractivity contribution in [1.82, 2.24) is 18.7 Å². The first-order valence-electron chi connectivity index (χ1n) is 8.34. The molecular weight excluding hydrogens is 311 g/mol. The van der Waals surface area contributed by atoms with Gasteiger partial charge in [-0.25, -0.2) is 9.78 Å². The van der Waals surface area contributed by atoms with E-state index in [-0.39, 0.29) is 19.2 Å². The molecular formula is C16H27N4O2P. The van der Waals surface area contributed by atoms with Crippen LogP contribution in [0.2, 0.25) is 0 Å². The summed E-state index contributed by atoms with van der Waals surface area (Å²) < 4.78 is 5.00. The number of rotatable bonds is 8. The lowest BCUT2D eigenvalue weighted by atomic mass is 10.3. The zero-order chi connectivity index (χ0) is 17.0. The molecule has 0 saturated heterocycles. The molecule has 2 heterocycles. The van der Waals surface area contributed by atoms with Gasteiger partial charge in [-0.2, -0.15) is 0 Å². The summed E-state index contributed by atoms with van der Waals surface area (Å²) in [6.07, 6.45) is 6.19. The lowest BCUT2D eigenvalue weighted by Crippen LogP contribution is -2.40. The third kappa shape index (κ3) is 3.74. The van der Waals surface area contributed by atoms with E-state index in [1.807, 2.05) is 4.57 Å². The minimum absolute atomic E-state index is 0.194. The Morgan fingerprint density at radius 1 is 1.04 bits per heavy atom. The van der Waals surface area contributed by atoms with Gasteiger partial charge in [-0.15, -0.1) is 0 Å². The van der Waals surface area contributed by atoms with E-state index in [1.165, 1.54) is 4.57 Å². The van der Waals surface area contributed by atoms with Gasteiger partial charge in [0.05, 0.1) is 6.33 Å². The van der Waals surface area contributed by atoms with Crippen LogP contribution in [0.15, 0.2) is 15.9 Å². The van der Waals surface area contributed by atoms with Gasteiger partial charge in [-0.3, -0.25) is 13.9 Å². The van der Waals surface area contributed by atoms with Crippen molar-refractivity contribution in [2.24, 2.45) is 0 Å². The van der Waals surface area contributed by atoms with E-state index >= 15 is 0 Å². The van der Waals surface area contributed by atoms with Crippen LogP contribution in [0, 0.1) is 0 Å². The Morgan fingerprint density at radius 3 is 2.22 bits per heavy atom. The summed E-state index contributed by atoms with van der Waals surface area (Å²) in [5.41, 5.74) is 0.705. The highest BCUT2D eigenvalue weighted by molar-refractivity contribution is 7.54. The van der Waals surface area contributed by atoms with Crippen molar-refractivity contribution in [3.05, 3.63) is 27.2 Å². The first kappa shape index (κ1) is 17.9. The predicted octanol–water partition coefficient (Wildman–Crippen LogP) is 2.66. The van der Waals surface area contributed by atoms with Crippen molar-refractivity contribution in [2.45, 2.75) is 58.9 Å². The predicted molar refractivity (Wildman–Crippen MR) is 96.8 cm³/mol. The number of imidazole rings is 1. The molecule has 2 aromatic heterocycles. The molecule has 0 bridgehead atoms. The topological polar surface area (TPSA) is 61.8 Å². The number of aryl methyl sites for hydroxylation is 1. The van der Waals surface area contributed by atoms with Crippen LogP contribution in [0.5, 0.6) is 0 Å². The SMILES string of the molecule is CCCCn1c(=O)c2c(ncn2CP(C)C)n(CCCC)c1=O. The lowest BCUT2D eigenvalue weighted by Gasteiger charge is -2.13. The summed E-state index contributed by atoms with van der Waals surface area (Å²) in [5, 5.41) is 0. The smallest absolute Gasteiger partial charge is 0.320 e. The molecule has 0 aliphatic rings. The van der Waals surface area contributed by atoms with Crippen molar-refractivity contribution >= 4 is 19.1 Å². The Balaban J connectivity index is 2.69. The molecule has 0 atom stereocenters. The van der Waals surface area contributed by atoms with E-state index in [4.69, 9.17) is 0 Å². The maximum Gasteiger partial charge on any atom is 0.332 e. The molecule has 128 valence electrons.